The molecule has 1 atom stereocenters. The maximum atomic E-state index is 11.2. The Labute approximate surface area is 104 Å². The Morgan fingerprint density at radius 2 is 2.53 bits per heavy atom. The Hall–Kier alpha value is -1.36. The number of aromatic nitrogens is 2. The minimum atomic E-state index is 0.693. The highest BCUT2D eigenvalue weighted by Crippen LogP contribution is 2.29. The molecule has 0 amide bonds. The standard InChI is InChI=1S/C12H15N3OS/c1-2-9-3-4-14(7-9)11-10(8-16)15-5-6-17-12(15)13-11/h5-6,8-9H,2-4,7H2,1H3. The molecule has 0 aliphatic carbocycles. The maximum Gasteiger partial charge on any atom is 0.196 e. The van der Waals surface area contributed by atoms with Crippen molar-refractivity contribution in [3.05, 3.63) is 17.3 Å². The Morgan fingerprint density at radius 3 is 3.24 bits per heavy atom. The van der Waals surface area contributed by atoms with Crippen LogP contribution in [0.3, 0.4) is 0 Å². The first-order valence-corrected chi connectivity index (χ1v) is 6.87. The molecule has 0 aromatic carbocycles. The van der Waals surface area contributed by atoms with Crippen LogP contribution in [-0.4, -0.2) is 28.8 Å². The Balaban J connectivity index is 1.99. The smallest absolute Gasteiger partial charge is 0.196 e. The van der Waals surface area contributed by atoms with Gasteiger partial charge in [-0.25, -0.2) is 4.98 Å². The Morgan fingerprint density at radius 1 is 1.65 bits per heavy atom. The van der Waals surface area contributed by atoms with Crippen LogP contribution in [0, 0.1) is 5.92 Å². The summed E-state index contributed by atoms with van der Waals surface area (Å²) in [7, 11) is 0. The summed E-state index contributed by atoms with van der Waals surface area (Å²) < 4.78 is 1.88. The van der Waals surface area contributed by atoms with Gasteiger partial charge < -0.3 is 4.90 Å². The van der Waals surface area contributed by atoms with Gasteiger partial charge in [0.25, 0.3) is 0 Å². The molecule has 3 heterocycles. The van der Waals surface area contributed by atoms with Gasteiger partial charge in [-0.3, -0.25) is 9.20 Å². The molecule has 1 fully saturated rings. The molecule has 17 heavy (non-hydrogen) atoms. The van der Waals surface area contributed by atoms with Crippen molar-refractivity contribution >= 4 is 28.4 Å². The predicted molar refractivity (Wildman–Crippen MR) is 69.1 cm³/mol. The summed E-state index contributed by atoms with van der Waals surface area (Å²) >= 11 is 1.57. The molecular weight excluding hydrogens is 234 g/mol. The number of hydrogen-bond donors (Lipinski definition) is 0. The fourth-order valence-corrected chi connectivity index (χ4v) is 3.21. The first-order valence-electron chi connectivity index (χ1n) is 5.99. The van der Waals surface area contributed by atoms with E-state index in [1.807, 2.05) is 16.0 Å². The third kappa shape index (κ3) is 1.65. The van der Waals surface area contributed by atoms with E-state index in [1.165, 1.54) is 12.8 Å². The minimum Gasteiger partial charge on any atom is -0.354 e. The van der Waals surface area contributed by atoms with E-state index in [1.54, 1.807) is 11.3 Å². The molecule has 1 unspecified atom stereocenters. The van der Waals surface area contributed by atoms with Gasteiger partial charge in [-0.15, -0.1) is 11.3 Å². The lowest BCUT2D eigenvalue weighted by atomic mass is 10.1. The van der Waals surface area contributed by atoms with Gasteiger partial charge in [0.05, 0.1) is 0 Å². The zero-order valence-corrected chi connectivity index (χ0v) is 10.6. The Bertz CT molecular complexity index is 545. The van der Waals surface area contributed by atoms with Crippen LogP contribution >= 0.6 is 11.3 Å². The number of aldehydes is 1. The third-order valence-electron chi connectivity index (χ3n) is 3.55. The van der Waals surface area contributed by atoms with Gasteiger partial charge in [-0.1, -0.05) is 13.3 Å². The molecule has 3 rings (SSSR count). The van der Waals surface area contributed by atoms with Crippen LogP contribution in [0.2, 0.25) is 0 Å². The maximum absolute atomic E-state index is 11.2. The second-order valence-electron chi connectivity index (χ2n) is 4.50. The normalized spacial score (nSPS) is 20.3. The van der Waals surface area contributed by atoms with E-state index in [-0.39, 0.29) is 0 Å². The van der Waals surface area contributed by atoms with E-state index >= 15 is 0 Å². The molecule has 0 spiro atoms. The van der Waals surface area contributed by atoms with Crippen molar-refractivity contribution in [2.24, 2.45) is 5.92 Å². The van der Waals surface area contributed by atoms with Crippen molar-refractivity contribution in [3.8, 4) is 0 Å². The van der Waals surface area contributed by atoms with Crippen molar-refractivity contribution in [1.29, 1.82) is 0 Å². The molecule has 0 saturated carbocycles. The average Bonchev–Trinajstić information content (AvgIpc) is 3.02. The van der Waals surface area contributed by atoms with E-state index in [0.717, 1.165) is 36.1 Å². The predicted octanol–water partition coefficient (Wildman–Crippen LogP) is 2.44. The van der Waals surface area contributed by atoms with Gasteiger partial charge in [0, 0.05) is 24.7 Å². The van der Waals surface area contributed by atoms with Gasteiger partial charge in [-0.05, 0) is 12.3 Å². The van der Waals surface area contributed by atoms with Gasteiger partial charge in [0.2, 0.25) is 0 Å². The zero-order chi connectivity index (χ0) is 11.8. The highest BCUT2D eigenvalue weighted by Gasteiger charge is 2.26. The van der Waals surface area contributed by atoms with Gasteiger partial charge in [0.1, 0.15) is 5.69 Å². The number of rotatable bonds is 3. The molecule has 0 N–H and O–H groups in total. The summed E-state index contributed by atoms with van der Waals surface area (Å²) in [6, 6.07) is 0. The average molecular weight is 249 g/mol. The minimum absolute atomic E-state index is 0.693. The molecule has 1 saturated heterocycles. The fourth-order valence-electron chi connectivity index (χ4n) is 2.49. The van der Waals surface area contributed by atoms with E-state index in [9.17, 15) is 4.79 Å². The van der Waals surface area contributed by atoms with Crippen molar-refractivity contribution in [2.45, 2.75) is 19.8 Å². The lowest BCUT2D eigenvalue weighted by Crippen LogP contribution is -2.21. The molecule has 1 aliphatic rings. The van der Waals surface area contributed by atoms with Crippen LogP contribution in [0.25, 0.3) is 4.96 Å². The molecular formula is C12H15N3OS. The van der Waals surface area contributed by atoms with Crippen LogP contribution in [0.1, 0.15) is 30.3 Å². The third-order valence-corrected chi connectivity index (χ3v) is 4.31. The van der Waals surface area contributed by atoms with Gasteiger partial charge in [0.15, 0.2) is 17.1 Å². The molecule has 2 aromatic rings. The van der Waals surface area contributed by atoms with Gasteiger partial charge >= 0.3 is 0 Å². The highest BCUT2D eigenvalue weighted by molar-refractivity contribution is 7.15. The summed E-state index contributed by atoms with van der Waals surface area (Å²) in [6.45, 7) is 4.27. The molecule has 4 nitrogen and oxygen atoms in total. The van der Waals surface area contributed by atoms with Crippen LogP contribution < -0.4 is 4.90 Å². The quantitative estimate of drug-likeness (QED) is 0.784. The first kappa shape index (κ1) is 10.8. The molecule has 0 bridgehead atoms. The molecule has 0 radical (unpaired) electrons. The summed E-state index contributed by atoms with van der Waals surface area (Å²) in [5, 5.41) is 1.96. The highest BCUT2D eigenvalue weighted by atomic mass is 32.1. The number of hydrogen-bond acceptors (Lipinski definition) is 4. The van der Waals surface area contributed by atoms with E-state index < -0.39 is 0 Å². The van der Waals surface area contributed by atoms with Crippen LogP contribution in [-0.2, 0) is 0 Å². The summed E-state index contributed by atoms with van der Waals surface area (Å²) in [5.41, 5.74) is 0.693. The first-order chi connectivity index (χ1) is 8.33. The SMILES string of the molecule is CCC1CCN(c2nc3sccn3c2C=O)C1. The monoisotopic (exact) mass is 249 g/mol. The molecule has 2 aromatic heterocycles. The topological polar surface area (TPSA) is 37.6 Å². The molecule has 90 valence electrons. The second-order valence-corrected chi connectivity index (χ2v) is 5.38. The van der Waals surface area contributed by atoms with Crippen molar-refractivity contribution in [3.63, 3.8) is 0 Å². The van der Waals surface area contributed by atoms with Crippen LogP contribution in [0.4, 0.5) is 5.82 Å². The lowest BCUT2D eigenvalue weighted by Gasteiger charge is -2.15. The van der Waals surface area contributed by atoms with Gasteiger partial charge in [-0.2, -0.15) is 0 Å². The lowest BCUT2D eigenvalue weighted by molar-refractivity contribution is 0.111. The zero-order valence-electron chi connectivity index (χ0n) is 9.80. The Kier molecular flexibility index (Phi) is 2.63. The van der Waals surface area contributed by atoms with Crippen molar-refractivity contribution < 1.29 is 4.79 Å². The summed E-state index contributed by atoms with van der Waals surface area (Å²) in [5.74, 6) is 1.61. The van der Waals surface area contributed by atoms with Crippen LogP contribution in [0.5, 0.6) is 0 Å². The molecule has 5 heteroatoms. The fraction of sp³-hybridized carbons (Fsp3) is 0.500. The van der Waals surface area contributed by atoms with E-state index in [0.29, 0.717) is 5.69 Å². The van der Waals surface area contributed by atoms with Crippen molar-refractivity contribution in [2.75, 3.05) is 18.0 Å². The number of imidazole rings is 1. The summed E-state index contributed by atoms with van der Waals surface area (Å²) in [6.07, 6.45) is 5.24. The van der Waals surface area contributed by atoms with Crippen LogP contribution in [0.15, 0.2) is 11.6 Å². The molecule has 1 aliphatic heterocycles. The second kappa shape index (κ2) is 4.14. The summed E-state index contributed by atoms with van der Waals surface area (Å²) in [4.78, 5) is 18.9. The number of anilines is 1. The number of fused-ring (bicyclic) bond motifs is 1. The van der Waals surface area contributed by atoms with Crippen molar-refractivity contribution in [1.82, 2.24) is 9.38 Å². The van der Waals surface area contributed by atoms with E-state index in [4.69, 9.17) is 0 Å². The number of carbonyl (C=O) groups is 1. The number of thiazole rings is 1. The number of nitrogens with zero attached hydrogens (tertiary/aromatic N) is 3. The largest absolute Gasteiger partial charge is 0.354 e. The van der Waals surface area contributed by atoms with E-state index in [2.05, 4.69) is 16.8 Å². The number of carbonyl (C=O) groups excluding carboxylic acids is 1.